The zero-order chi connectivity index (χ0) is 19.7. The SMILES string of the molecule is CCc1c(C(=O)NC(C)c2cc3ccccc3o2)cnn1-c1ccc(F)cc1. The average molecular weight is 377 g/mol. The fourth-order valence-electron chi connectivity index (χ4n) is 3.27. The molecule has 5 nitrogen and oxygen atoms in total. The maximum absolute atomic E-state index is 13.2. The van der Waals surface area contributed by atoms with Crippen LogP contribution in [-0.4, -0.2) is 15.7 Å². The van der Waals surface area contributed by atoms with Crippen molar-refractivity contribution in [2.45, 2.75) is 26.3 Å². The number of aromatic nitrogens is 2. The van der Waals surface area contributed by atoms with E-state index in [0.717, 1.165) is 16.7 Å². The van der Waals surface area contributed by atoms with E-state index in [1.807, 2.05) is 44.2 Å². The highest BCUT2D eigenvalue weighted by Crippen LogP contribution is 2.24. The van der Waals surface area contributed by atoms with E-state index in [0.29, 0.717) is 23.4 Å². The van der Waals surface area contributed by atoms with Crippen molar-refractivity contribution in [1.82, 2.24) is 15.1 Å². The zero-order valence-electron chi connectivity index (χ0n) is 15.6. The van der Waals surface area contributed by atoms with Gasteiger partial charge >= 0.3 is 0 Å². The number of nitrogens with zero attached hydrogens (tertiary/aromatic N) is 2. The minimum atomic E-state index is -0.313. The van der Waals surface area contributed by atoms with Crippen LogP contribution in [0, 0.1) is 5.82 Å². The lowest BCUT2D eigenvalue weighted by Gasteiger charge is -2.12. The van der Waals surface area contributed by atoms with Crippen molar-refractivity contribution >= 4 is 16.9 Å². The second kappa shape index (κ2) is 7.31. The molecule has 1 unspecified atom stereocenters. The van der Waals surface area contributed by atoms with Crippen molar-refractivity contribution in [2.75, 3.05) is 0 Å². The molecule has 4 rings (SSSR count). The van der Waals surface area contributed by atoms with Crippen molar-refractivity contribution in [1.29, 1.82) is 0 Å². The van der Waals surface area contributed by atoms with Crippen LogP contribution in [-0.2, 0) is 6.42 Å². The molecular formula is C22H20FN3O2. The van der Waals surface area contributed by atoms with E-state index in [1.54, 1.807) is 23.0 Å². The maximum atomic E-state index is 13.2. The molecule has 0 spiro atoms. The molecule has 1 amide bonds. The van der Waals surface area contributed by atoms with Gasteiger partial charge in [0.15, 0.2) is 0 Å². The minimum absolute atomic E-state index is 0.224. The van der Waals surface area contributed by atoms with Crippen molar-refractivity contribution < 1.29 is 13.6 Å². The summed E-state index contributed by atoms with van der Waals surface area (Å²) in [7, 11) is 0. The molecule has 0 saturated carbocycles. The first-order valence-electron chi connectivity index (χ1n) is 9.19. The van der Waals surface area contributed by atoms with Crippen molar-refractivity contribution in [3.8, 4) is 5.69 Å². The van der Waals surface area contributed by atoms with Crippen LogP contribution in [0.2, 0.25) is 0 Å². The molecule has 0 aliphatic heterocycles. The molecule has 1 atom stereocenters. The summed E-state index contributed by atoms with van der Waals surface area (Å²) < 4.78 is 20.7. The lowest BCUT2D eigenvalue weighted by atomic mass is 10.1. The second-order valence-corrected chi connectivity index (χ2v) is 6.63. The Kier molecular flexibility index (Phi) is 4.69. The van der Waals surface area contributed by atoms with Crippen LogP contribution < -0.4 is 5.32 Å². The largest absolute Gasteiger partial charge is 0.459 e. The molecule has 28 heavy (non-hydrogen) atoms. The molecule has 1 N–H and O–H groups in total. The second-order valence-electron chi connectivity index (χ2n) is 6.63. The van der Waals surface area contributed by atoms with Gasteiger partial charge in [-0.2, -0.15) is 5.10 Å². The van der Waals surface area contributed by atoms with Gasteiger partial charge in [0.1, 0.15) is 17.2 Å². The van der Waals surface area contributed by atoms with Crippen molar-refractivity contribution in [3.05, 3.63) is 83.6 Å². The molecule has 0 aliphatic rings. The van der Waals surface area contributed by atoms with Gasteiger partial charge in [-0.1, -0.05) is 25.1 Å². The summed E-state index contributed by atoms with van der Waals surface area (Å²) in [5, 5.41) is 8.31. The molecule has 4 aromatic rings. The number of amides is 1. The van der Waals surface area contributed by atoms with Crippen LogP contribution in [0.4, 0.5) is 4.39 Å². The van der Waals surface area contributed by atoms with E-state index in [9.17, 15) is 9.18 Å². The van der Waals surface area contributed by atoms with Crippen LogP contribution in [0.3, 0.4) is 0 Å². The summed E-state index contributed by atoms with van der Waals surface area (Å²) in [6.45, 7) is 3.84. The number of furan rings is 1. The fraction of sp³-hybridized carbons (Fsp3) is 0.182. The monoisotopic (exact) mass is 377 g/mol. The summed E-state index contributed by atoms with van der Waals surface area (Å²) in [6, 6.07) is 15.4. The first-order valence-corrected chi connectivity index (χ1v) is 9.19. The number of hydrogen-bond donors (Lipinski definition) is 1. The maximum Gasteiger partial charge on any atom is 0.255 e. The summed E-state index contributed by atoms with van der Waals surface area (Å²) in [5.74, 6) is 0.156. The molecule has 2 aromatic carbocycles. The minimum Gasteiger partial charge on any atom is -0.459 e. The number of carbonyl (C=O) groups is 1. The van der Waals surface area contributed by atoms with Crippen LogP contribution in [0.25, 0.3) is 16.7 Å². The Labute approximate surface area is 161 Å². The molecule has 142 valence electrons. The normalized spacial score (nSPS) is 12.2. The Hall–Kier alpha value is -3.41. The Balaban J connectivity index is 1.58. The number of benzene rings is 2. The number of fused-ring (bicyclic) bond motifs is 1. The number of hydrogen-bond acceptors (Lipinski definition) is 3. The van der Waals surface area contributed by atoms with Crippen LogP contribution in [0.15, 0.2) is 65.2 Å². The Morgan fingerprint density at radius 2 is 1.96 bits per heavy atom. The first kappa shape index (κ1) is 18.0. The lowest BCUT2D eigenvalue weighted by Crippen LogP contribution is -2.27. The summed E-state index contributed by atoms with van der Waals surface area (Å²) in [6.07, 6.45) is 2.15. The van der Waals surface area contributed by atoms with Crippen LogP contribution >= 0.6 is 0 Å². The average Bonchev–Trinajstić information content (AvgIpc) is 3.32. The predicted molar refractivity (Wildman–Crippen MR) is 105 cm³/mol. The highest BCUT2D eigenvalue weighted by molar-refractivity contribution is 5.95. The number of carbonyl (C=O) groups excluding carboxylic acids is 1. The van der Waals surface area contributed by atoms with E-state index < -0.39 is 0 Å². The Morgan fingerprint density at radius 3 is 2.68 bits per heavy atom. The van der Waals surface area contributed by atoms with E-state index in [4.69, 9.17) is 4.42 Å². The number of para-hydroxylation sites is 1. The standard InChI is InChI=1S/C22H20FN3O2/c1-3-19-18(13-24-26(19)17-10-8-16(23)9-11-17)22(27)25-14(2)21-12-15-6-4-5-7-20(15)28-21/h4-14H,3H2,1-2H3,(H,25,27). The molecule has 2 heterocycles. The lowest BCUT2D eigenvalue weighted by molar-refractivity contribution is 0.0934. The van der Waals surface area contributed by atoms with Crippen molar-refractivity contribution in [2.24, 2.45) is 0 Å². The Morgan fingerprint density at radius 1 is 1.21 bits per heavy atom. The van der Waals surface area contributed by atoms with E-state index in [1.165, 1.54) is 12.1 Å². The van der Waals surface area contributed by atoms with Gasteiger partial charge < -0.3 is 9.73 Å². The summed E-state index contributed by atoms with van der Waals surface area (Å²) in [5.41, 5.74) is 2.76. The van der Waals surface area contributed by atoms with Crippen molar-refractivity contribution in [3.63, 3.8) is 0 Å². The van der Waals surface area contributed by atoms with Crippen LogP contribution in [0.5, 0.6) is 0 Å². The topological polar surface area (TPSA) is 60.1 Å². The third-order valence-electron chi connectivity index (χ3n) is 4.74. The molecule has 0 saturated heterocycles. The smallest absolute Gasteiger partial charge is 0.255 e. The third-order valence-corrected chi connectivity index (χ3v) is 4.74. The molecule has 0 fully saturated rings. The van der Waals surface area contributed by atoms with Gasteiger partial charge in [0, 0.05) is 5.39 Å². The van der Waals surface area contributed by atoms with E-state index >= 15 is 0 Å². The summed E-state index contributed by atoms with van der Waals surface area (Å²) in [4.78, 5) is 12.9. The number of nitrogens with one attached hydrogen (secondary N) is 1. The van der Waals surface area contributed by atoms with E-state index in [2.05, 4.69) is 10.4 Å². The molecule has 0 radical (unpaired) electrons. The number of halogens is 1. The quantitative estimate of drug-likeness (QED) is 0.543. The van der Waals surface area contributed by atoms with E-state index in [-0.39, 0.29) is 17.8 Å². The van der Waals surface area contributed by atoms with Crippen LogP contribution in [0.1, 0.15) is 41.7 Å². The van der Waals surface area contributed by atoms with Gasteiger partial charge in [0.05, 0.1) is 29.2 Å². The molecule has 0 aliphatic carbocycles. The van der Waals surface area contributed by atoms with Gasteiger partial charge in [0.25, 0.3) is 5.91 Å². The Bertz CT molecular complexity index is 1100. The third kappa shape index (κ3) is 3.29. The molecule has 2 aromatic heterocycles. The highest BCUT2D eigenvalue weighted by Gasteiger charge is 2.20. The van der Waals surface area contributed by atoms with Gasteiger partial charge in [-0.25, -0.2) is 9.07 Å². The fourth-order valence-corrected chi connectivity index (χ4v) is 3.27. The highest BCUT2D eigenvalue weighted by atomic mass is 19.1. The predicted octanol–water partition coefficient (Wildman–Crippen LogP) is 4.81. The molecular weight excluding hydrogens is 357 g/mol. The zero-order valence-corrected chi connectivity index (χ0v) is 15.6. The summed E-state index contributed by atoms with van der Waals surface area (Å²) >= 11 is 0. The number of rotatable bonds is 5. The first-order chi connectivity index (χ1) is 13.6. The van der Waals surface area contributed by atoms with Gasteiger partial charge in [0.2, 0.25) is 0 Å². The van der Waals surface area contributed by atoms with Gasteiger partial charge in [-0.15, -0.1) is 0 Å². The molecule has 0 bridgehead atoms. The van der Waals surface area contributed by atoms with Gasteiger partial charge in [-0.3, -0.25) is 4.79 Å². The molecule has 6 heteroatoms. The van der Waals surface area contributed by atoms with Gasteiger partial charge in [-0.05, 0) is 49.7 Å².